The Morgan fingerprint density at radius 2 is 2.33 bits per heavy atom. The Morgan fingerprint density at radius 1 is 1.67 bits per heavy atom. The van der Waals surface area contributed by atoms with Gasteiger partial charge in [0.2, 0.25) is 0 Å². The summed E-state index contributed by atoms with van der Waals surface area (Å²) in [6, 6.07) is 5.77. The Bertz CT molecular complexity index is 304. The minimum atomic E-state index is -0.172. The lowest BCUT2D eigenvalue weighted by Gasteiger charge is -2.25. The Balaban J connectivity index is 3.11. The first-order valence-electron chi connectivity index (χ1n) is 3.90. The fourth-order valence-corrected chi connectivity index (χ4v) is 1.10. The molecule has 0 radical (unpaired) electrons. The van der Waals surface area contributed by atoms with Crippen molar-refractivity contribution in [1.29, 1.82) is 5.26 Å². The van der Waals surface area contributed by atoms with E-state index in [0.29, 0.717) is 12.2 Å². The van der Waals surface area contributed by atoms with Crippen LogP contribution in [0.5, 0.6) is 0 Å². The minimum absolute atomic E-state index is 0.172. The van der Waals surface area contributed by atoms with E-state index >= 15 is 0 Å². The molecule has 0 saturated carbocycles. The van der Waals surface area contributed by atoms with E-state index in [-0.39, 0.29) is 5.54 Å². The molecule has 0 unspecified atom stereocenters. The molecule has 0 amide bonds. The second-order valence-corrected chi connectivity index (χ2v) is 3.39. The summed E-state index contributed by atoms with van der Waals surface area (Å²) in [5, 5.41) is 8.75. The summed E-state index contributed by atoms with van der Waals surface area (Å²) in [6.45, 7) is 4.54. The van der Waals surface area contributed by atoms with Crippen LogP contribution in [0.4, 0.5) is 0 Å². The monoisotopic (exact) mass is 163 g/mol. The van der Waals surface area contributed by atoms with E-state index < -0.39 is 0 Å². The summed E-state index contributed by atoms with van der Waals surface area (Å²) in [7, 11) is 0. The zero-order chi connectivity index (χ0) is 9.19. The Hall–Kier alpha value is -1.27. The molecule has 0 atom stereocenters. The summed E-state index contributed by atoms with van der Waals surface area (Å²) in [5.41, 5.74) is 6.08. The van der Waals surface area contributed by atoms with E-state index in [1.807, 2.05) is 30.7 Å². The largest absolute Gasteiger partial charge is 0.333 e. The molecule has 0 aromatic carbocycles. The molecule has 2 N–H and O–H groups in total. The molecule has 1 rings (SSSR count). The van der Waals surface area contributed by atoms with Gasteiger partial charge in [-0.05, 0) is 26.0 Å². The lowest BCUT2D eigenvalue weighted by molar-refractivity contribution is 0.365. The molecule has 0 bridgehead atoms. The lowest BCUT2D eigenvalue weighted by atomic mass is 10.1. The number of hydrogen-bond donors (Lipinski definition) is 1. The molecule has 3 heteroatoms. The minimum Gasteiger partial charge on any atom is -0.333 e. The van der Waals surface area contributed by atoms with Crippen LogP contribution in [0.25, 0.3) is 0 Å². The zero-order valence-electron chi connectivity index (χ0n) is 7.41. The summed E-state index contributed by atoms with van der Waals surface area (Å²) in [5.74, 6) is 0. The summed E-state index contributed by atoms with van der Waals surface area (Å²) < 4.78 is 1.90. The van der Waals surface area contributed by atoms with Crippen LogP contribution in [-0.4, -0.2) is 11.1 Å². The van der Waals surface area contributed by atoms with Crippen LogP contribution in [0.2, 0.25) is 0 Å². The third-order valence-corrected chi connectivity index (χ3v) is 2.02. The van der Waals surface area contributed by atoms with Crippen molar-refractivity contribution in [3.63, 3.8) is 0 Å². The molecule has 0 fully saturated rings. The van der Waals surface area contributed by atoms with Gasteiger partial charge in [0.25, 0.3) is 0 Å². The highest BCUT2D eigenvalue weighted by atomic mass is 15.1. The van der Waals surface area contributed by atoms with Crippen molar-refractivity contribution < 1.29 is 0 Å². The van der Waals surface area contributed by atoms with Crippen molar-refractivity contribution in [3.8, 4) is 6.07 Å². The lowest BCUT2D eigenvalue weighted by Crippen LogP contribution is -2.35. The van der Waals surface area contributed by atoms with Crippen LogP contribution in [-0.2, 0) is 5.54 Å². The van der Waals surface area contributed by atoms with Gasteiger partial charge in [-0.15, -0.1) is 0 Å². The number of nitrogens with zero attached hydrogens (tertiary/aromatic N) is 2. The molecule has 0 aliphatic heterocycles. The molecule has 0 aliphatic rings. The first kappa shape index (κ1) is 8.82. The molecule has 1 aromatic rings. The molecule has 64 valence electrons. The van der Waals surface area contributed by atoms with E-state index in [1.165, 1.54) is 0 Å². The van der Waals surface area contributed by atoms with Gasteiger partial charge in [-0.3, -0.25) is 0 Å². The van der Waals surface area contributed by atoms with Gasteiger partial charge < -0.3 is 10.3 Å². The van der Waals surface area contributed by atoms with Crippen LogP contribution >= 0.6 is 0 Å². The number of aromatic nitrogens is 1. The van der Waals surface area contributed by atoms with Gasteiger partial charge >= 0.3 is 0 Å². The first-order chi connectivity index (χ1) is 5.61. The summed E-state index contributed by atoms with van der Waals surface area (Å²) in [6.07, 6.45) is 1.88. The number of nitriles is 1. The number of hydrogen-bond acceptors (Lipinski definition) is 2. The molecule has 0 saturated heterocycles. The van der Waals surface area contributed by atoms with Crippen molar-refractivity contribution in [2.24, 2.45) is 5.73 Å². The molecule has 1 heterocycles. The first-order valence-corrected chi connectivity index (χ1v) is 3.90. The summed E-state index contributed by atoms with van der Waals surface area (Å²) >= 11 is 0. The smallest absolute Gasteiger partial charge is 0.120 e. The molecule has 0 spiro atoms. The fraction of sp³-hybridized carbons (Fsp3) is 0.444. The van der Waals surface area contributed by atoms with Gasteiger partial charge in [-0.2, -0.15) is 5.26 Å². The van der Waals surface area contributed by atoms with E-state index in [9.17, 15) is 0 Å². The van der Waals surface area contributed by atoms with Gasteiger partial charge in [0.05, 0.1) is 5.54 Å². The van der Waals surface area contributed by atoms with Gasteiger partial charge in [0.15, 0.2) is 0 Å². The van der Waals surface area contributed by atoms with Crippen LogP contribution in [0, 0.1) is 11.3 Å². The highest BCUT2D eigenvalue weighted by molar-refractivity contribution is 5.23. The van der Waals surface area contributed by atoms with E-state index in [2.05, 4.69) is 6.07 Å². The van der Waals surface area contributed by atoms with E-state index in [0.717, 1.165) is 0 Å². The topological polar surface area (TPSA) is 54.7 Å². The Labute approximate surface area is 72.4 Å². The van der Waals surface area contributed by atoms with E-state index in [4.69, 9.17) is 11.0 Å². The Kier molecular flexibility index (Phi) is 2.20. The highest BCUT2D eigenvalue weighted by Crippen LogP contribution is 2.16. The van der Waals surface area contributed by atoms with Gasteiger partial charge in [-0.1, -0.05) is 0 Å². The molecule has 3 nitrogen and oxygen atoms in total. The van der Waals surface area contributed by atoms with Crippen molar-refractivity contribution in [3.05, 3.63) is 24.0 Å². The van der Waals surface area contributed by atoms with Crippen molar-refractivity contribution in [2.45, 2.75) is 19.4 Å². The van der Waals surface area contributed by atoms with E-state index in [1.54, 1.807) is 6.07 Å². The van der Waals surface area contributed by atoms with Crippen molar-refractivity contribution in [1.82, 2.24) is 4.57 Å². The standard InChI is InChI=1S/C9H13N3/c1-9(2,7-11)12-5-3-4-8(12)6-10/h3-5H,7,11H2,1-2H3. The normalized spacial score (nSPS) is 11.2. The fourth-order valence-electron chi connectivity index (χ4n) is 1.10. The third kappa shape index (κ3) is 1.34. The molecule has 0 aliphatic carbocycles. The number of rotatable bonds is 2. The second-order valence-electron chi connectivity index (χ2n) is 3.39. The van der Waals surface area contributed by atoms with Gasteiger partial charge in [0, 0.05) is 12.7 Å². The predicted octanol–water partition coefficient (Wildman–Crippen LogP) is 1.05. The maximum Gasteiger partial charge on any atom is 0.120 e. The van der Waals surface area contributed by atoms with Gasteiger partial charge in [0.1, 0.15) is 11.8 Å². The third-order valence-electron chi connectivity index (χ3n) is 2.02. The Morgan fingerprint density at radius 3 is 2.83 bits per heavy atom. The van der Waals surface area contributed by atoms with Crippen LogP contribution < -0.4 is 5.73 Å². The SMILES string of the molecule is CC(C)(CN)n1cccc1C#N. The zero-order valence-corrected chi connectivity index (χ0v) is 7.41. The highest BCUT2D eigenvalue weighted by Gasteiger charge is 2.19. The van der Waals surface area contributed by atoms with Crippen molar-refractivity contribution >= 4 is 0 Å². The van der Waals surface area contributed by atoms with Crippen LogP contribution in [0.3, 0.4) is 0 Å². The van der Waals surface area contributed by atoms with Crippen LogP contribution in [0.15, 0.2) is 18.3 Å². The molecular weight excluding hydrogens is 150 g/mol. The average molecular weight is 163 g/mol. The molecular formula is C9H13N3. The summed E-state index contributed by atoms with van der Waals surface area (Å²) in [4.78, 5) is 0. The quantitative estimate of drug-likeness (QED) is 0.708. The van der Waals surface area contributed by atoms with Crippen molar-refractivity contribution in [2.75, 3.05) is 6.54 Å². The molecule has 12 heavy (non-hydrogen) atoms. The predicted molar refractivity (Wildman–Crippen MR) is 47.5 cm³/mol. The molecule has 1 aromatic heterocycles. The van der Waals surface area contributed by atoms with Gasteiger partial charge in [-0.25, -0.2) is 0 Å². The number of nitrogens with two attached hydrogens (primary N) is 1. The average Bonchev–Trinajstić information content (AvgIpc) is 2.52. The van der Waals surface area contributed by atoms with Crippen LogP contribution in [0.1, 0.15) is 19.5 Å². The maximum atomic E-state index is 8.75. The maximum absolute atomic E-state index is 8.75. The second kappa shape index (κ2) is 3.00.